The molecular weight excluding hydrogens is 246 g/mol. The third-order valence-corrected chi connectivity index (χ3v) is 4.01. The summed E-state index contributed by atoms with van der Waals surface area (Å²) in [5.41, 5.74) is 6.26. The second-order valence-corrected chi connectivity index (χ2v) is 5.56. The van der Waals surface area contributed by atoms with Crippen molar-refractivity contribution in [1.29, 1.82) is 0 Å². The number of nitrogens with two attached hydrogens (primary N) is 1. The molecule has 0 saturated carbocycles. The lowest BCUT2D eigenvalue weighted by Gasteiger charge is -2.30. The van der Waals surface area contributed by atoms with Crippen LogP contribution in [0, 0.1) is 17.6 Å². The van der Waals surface area contributed by atoms with Crippen molar-refractivity contribution in [2.45, 2.75) is 32.2 Å². The van der Waals surface area contributed by atoms with Crippen LogP contribution >= 0.6 is 0 Å². The number of halogens is 2. The second kappa shape index (κ2) is 6.44. The van der Waals surface area contributed by atoms with E-state index in [0.717, 1.165) is 31.6 Å². The Labute approximate surface area is 113 Å². The number of rotatable bonds is 4. The van der Waals surface area contributed by atoms with Gasteiger partial charge in [-0.2, -0.15) is 0 Å². The van der Waals surface area contributed by atoms with E-state index in [4.69, 9.17) is 5.73 Å². The normalized spacial score (nSPS) is 19.6. The third-order valence-electron chi connectivity index (χ3n) is 4.01. The van der Waals surface area contributed by atoms with E-state index in [-0.39, 0.29) is 5.56 Å². The van der Waals surface area contributed by atoms with Gasteiger partial charge in [-0.3, -0.25) is 0 Å². The first-order valence-corrected chi connectivity index (χ1v) is 6.99. The van der Waals surface area contributed by atoms with Crippen molar-refractivity contribution in [3.8, 4) is 0 Å². The summed E-state index contributed by atoms with van der Waals surface area (Å²) in [6.07, 6.45) is 3.09. The van der Waals surface area contributed by atoms with Gasteiger partial charge in [0, 0.05) is 11.6 Å². The Morgan fingerprint density at radius 2 is 2.00 bits per heavy atom. The molecule has 1 saturated heterocycles. The van der Waals surface area contributed by atoms with E-state index >= 15 is 0 Å². The molecule has 2 rings (SSSR count). The van der Waals surface area contributed by atoms with Gasteiger partial charge in [0.1, 0.15) is 0 Å². The Balaban J connectivity index is 1.87. The molecular formula is C15H22F2N2. The number of benzene rings is 1. The zero-order valence-corrected chi connectivity index (χ0v) is 11.4. The van der Waals surface area contributed by atoms with Gasteiger partial charge in [-0.1, -0.05) is 19.1 Å². The van der Waals surface area contributed by atoms with Crippen molar-refractivity contribution >= 4 is 0 Å². The fourth-order valence-electron chi connectivity index (χ4n) is 2.57. The van der Waals surface area contributed by atoms with Gasteiger partial charge in [-0.05, 0) is 50.9 Å². The van der Waals surface area contributed by atoms with Crippen LogP contribution < -0.4 is 5.73 Å². The summed E-state index contributed by atoms with van der Waals surface area (Å²) in [5, 5.41) is 0. The van der Waals surface area contributed by atoms with Crippen molar-refractivity contribution in [1.82, 2.24) is 4.90 Å². The van der Waals surface area contributed by atoms with E-state index in [9.17, 15) is 8.78 Å². The number of likely N-dealkylation sites (tertiary alicyclic amines) is 1. The molecule has 0 radical (unpaired) electrons. The smallest absolute Gasteiger partial charge is 0.163 e. The average Bonchev–Trinajstić information content (AvgIpc) is 2.41. The van der Waals surface area contributed by atoms with E-state index in [0.29, 0.717) is 6.42 Å². The molecule has 2 nitrogen and oxygen atoms in total. The molecule has 0 amide bonds. The van der Waals surface area contributed by atoms with Crippen LogP contribution in [0.3, 0.4) is 0 Å². The van der Waals surface area contributed by atoms with E-state index in [1.54, 1.807) is 6.07 Å². The minimum atomic E-state index is -0.820. The standard InChI is InChI=1S/C15H22F2N2/c1-11-5-8-19(9-6-11)10-7-14(18)12-3-2-4-13(16)15(12)17/h2-4,11,14H,5-10,18H2,1H3. The zero-order chi connectivity index (χ0) is 13.8. The largest absolute Gasteiger partial charge is 0.324 e. The highest BCUT2D eigenvalue weighted by molar-refractivity contribution is 5.22. The lowest BCUT2D eigenvalue weighted by atomic mass is 9.98. The number of nitrogens with zero attached hydrogens (tertiary/aromatic N) is 1. The van der Waals surface area contributed by atoms with Crippen LogP contribution in [0.5, 0.6) is 0 Å². The Bertz CT molecular complexity index is 415. The van der Waals surface area contributed by atoms with E-state index in [2.05, 4.69) is 11.8 Å². The molecule has 0 spiro atoms. The predicted octanol–water partition coefficient (Wildman–Crippen LogP) is 3.09. The third kappa shape index (κ3) is 3.74. The van der Waals surface area contributed by atoms with Gasteiger partial charge < -0.3 is 10.6 Å². The number of hydrogen-bond acceptors (Lipinski definition) is 2. The molecule has 1 fully saturated rings. The second-order valence-electron chi connectivity index (χ2n) is 5.56. The Morgan fingerprint density at radius 1 is 1.32 bits per heavy atom. The maximum absolute atomic E-state index is 13.6. The summed E-state index contributed by atoms with van der Waals surface area (Å²) >= 11 is 0. The monoisotopic (exact) mass is 268 g/mol. The molecule has 1 aromatic carbocycles. The van der Waals surface area contributed by atoms with Crippen LogP contribution in [0.15, 0.2) is 18.2 Å². The first kappa shape index (κ1) is 14.4. The van der Waals surface area contributed by atoms with Crippen molar-refractivity contribution in [2.24, 2.45) is 11.7 Å². The molecule has 106 valence electrons. The quantitative estimate of drug-likeness (QED) is 0.909. The molecule has 1 unspecified atom stereocenters. The molecule has 0 aromatic heterocycles. The van der Waals surface area contributed by atoms with Gasteiger partial charge in [-0.25, -0.2) is 8.78 Å². The molecule has 1 aliphatic heterocycles. The van der Waals surface area contributed by atoms with Gasteiger partial charge in [0.15, 0.2) is 11.6 Å². The average molecular weight is 268 g/mol. The van der Waals surface area contributed by atoms with E-state index in [1.807, 2.05) is 0 Å². The molecule has 0 aliphatic carbocycles. The summed E-state index contributed by atoms with van der Waals surface area (Å²) in [5.74, 6) is -0.826. The molecule has 1 heterocycles. The summed E-state index contributed by atoms with van der Waals surface area (Å²) in [4.78, 5) is 2.36. The summed E-state index contributed by atoms with van der Waals surface area (Å²) < 4.78 is 26.7. The lowest BCUT2D eigenvalue weighted by Crippen LogP contribution is -2.35. The van der Waals surface area contributed by atoms with Gasteiger partial charge in [0.05, 0.1) is 0 Å². The fraction of sp³-hybridized carbons (Fsp3) is 0.600. The minimum absolute atomic E-state index is 0.283. The van der Waals surface area contributed by atoms with Gasteiger partial charge >= 0.3 is 0 Å². The Morgan fingerprint density at radius 3 is 2.68 bits per heavy atom. The van der Waals surface area contributed by atoms with Crippen molar-refractivity contribution < 1.29 is 8.78 Å². The van der Waals surface area contributed by atoms with Crippen LogP contribution in [0.4, 0.5) is 8.78 Å². The van der Waals surface area contributed by atoms with Crippen LogP contribution in [0.1, 0.15) is 37.8 Å². The highest BCUT2D eigenvalue weighted by Gasteiger charge is 2.18. The molecule has 0 bridgehead atoms. The van der Waals surface area contributed by atoms with Crippen molar-refractivity contribution in [3.63, 3.8) is 0 Å². The fourth-order valence-corrected chi connectivity index (χ4v) is 2.57. The first-order valence-electron chi connectivity index (χ1n) is 6.99. The zero-order valence-electron chi connectivity index (χ0n) is 11.4. The highest BCUT2D eigenvalue weighted by atomic mass is 19.2. The Hall–Kier alpha value is -1.00. The molecule has 4 heteroatoms. The van der Waals surface area contributed by atoms with Crippen LogP contribution in [0.2, 0.25) is 0 Å². The SMILES string of the molecule is CC1CCN(CCC(N)c2cccc(F)c2F)CC1. The molecule has 1 aliphatic rings. The molecule has 2 N–H and O–H groups in total. The number of hydrogen-bond donors (Lipinski definition) is 1. The van der Waals surface area contributed by atoms with E-state index in [1.165, 1.54) is 18.9 Å². The van der Waals surface area contributed by atoms with Crippen molar-refractivity contribution in [3.05, 3.63) is 35.4 Å². The lowest BCUT2D eigenvalue weighted by molar-refractivity contribution is 0.186. The first-order chi connectivity index (χ1) is 9.08. The van der Waals surface area contributed by atoms with Crippen molar-refractivity contribution in [2.75, 3.05) is 19.6 Å². The van der Waals surface area contributed by atoms with E-state index < -0.39 is 17.7 Å². The minimum Gasteiger partial charge on any atom is -0.324 e. The van der Waals surface area contributed by atoms with Gasteiger partial charge in [0.25, 0.3) is 0 Å². The topological polar surface area (TPSA) is 29.3 Å². The molecule has 19 heavy (non-hydrogen) atoms. The molecule has 1 atom stereocenters. The predicted molar refractivity (Wildman–Crippen MR) is 72.7 cm³/mol. The summed E-state index contributed by atoms with van der Waals surface area (Å²) in [7, 11) is 0. The maximum Gasteiger partial charge on any atom is 0.163 e. The molecule has 1 aromatic rings. The van der Waals surface area contributed by atoms with Crippen LogP contribution in [-0.4, -0.2) is 24.5 Å². The maximum atomic E-state index is 13.6. The van der Waals surface area contributed by atoms with Crippen LogP contribution in [0.25, 0.3) is 0 Å². The van der Waals surface area contributed by atoms with Gasteiger partial charge in [0.2, 0.25) is 0 Å². The van der Waals surface area contributed by atoms with Gasteiger partial charge in [-0.15, -0.1) is 0 Å². The highest BCUT2D eigenvalue weighted by Crippen LogP contribution is 2.22. The van der Waals surface area contributed by atoms with Crippen LogP contribution in [-0.2, 0) is 0 Å². The Kier molecular flexibility index (Phi) is 4.88. The summed E-state index contributed by atoms with van der Waals surface area (Å²) in [6.45, 7) is 5.29. The number of piperidine rings is 1. The summed E-state index contributed by atoms with van der Waals surface area (Å²) in [6, 6.07) is 3.77.